The first kappa shape index (κ1) is 23.2. The Labute approximate surface area is 195 Å². The molecule has 0 unspecified atom stereocenters. The highest BCUT2D eigenvalue weighted by Crippen LogP contribution is 2.37. The molecule has 174 valence electrons. The average Bonchev–Trinajstić information content (AvgIpc) is 3.21. The first-order valence-electron chi connectivity index (χ1n) is 10.1. The molecular formula is C25H21FN2O5S. The molecule has 1 amide bonds. The van der Waals surface area contributed by atoms with Crippen LogP contribution in [0.5, 0.6) is 5.75 Å². The summed E-state index contributed by atoms with van der Waals surface area (Å²) in [5.41, 5.74) is 3.69. The molecule has 7 nitrogen and oxygen atoms in total. The number of nitrogens with one attached hydrogen (secondary N) is 1. The Morgan fingerprint density at radius 3 is 2.53 bits per heavy atom. The van der Waals surface area contributed by atoms with E-state index < -0.39 is 15.9 Å². The Morgan fingerprint density at radius 2 is 1.85 bits per heavy atom. The number of ether oxygens (including phenoxy) is 1. The molecule has 34 heavy (non-hydrogen) atoms. The molecule has 4 rings (SSSR count). The fourth-order valence-electron chi connectivity index (χ4n) is 3.59. The summed E-state index contributed by atoms with van der Waals surface area (Å²) in [4.78, 5) is 12.5. The van der Waals surface area contributed by atoms with Gasteiger partial charge in [-0.05, 0) is 54.5 Å². The van der Waals surface area contributed by atoms with Gasteiger partial charge < -0.3 is 14.5 Å². The van der Waals surface area contributed by atoms with Crippen molar-refractivity contribution in [2.24, 2.45) is 5.14 Å². The number of sulfonamides is 1. The lowest BCUT2D eigenvalue weighted by Crippen LogP contribution is -2.13. The number of hydrogen-bond acceptors (Lipinski definition) is 5. The smallest absolute Gasteiger partial charge is 0.248 e. The molecule has 3 aromatic carbocycles. The number of halogens is 1. The molecule has 1 aromatic heterocycles. The van der Waals surface area contributed by atoms with Gasteiger partial charge in [0, 0.05) is 34.3 Å². The first-order valence-corrected chi connectivity index (χ1v) is 11.7. The van der Waals surface area contributed by atoms with E-state index in [1.54, 1.807) is 37.5 Å². The topological polar surface area (TPSA) is 112 Å². The molecule has 0 fully saturated rings. The van der Waals surface area contributed by atoms with E-state index >= 15 is 0 Å². The second-order valence-electron chi connectivity index (χ2n) is 7.59. The summed E-state index contributed by atoms with van der Waals surface area (Å²) in [6, 6.07) is 15.3. The number of fused-ring (bicyclic) bond motifs is 1. The minimum Gasteiger partial charge on any atom is -0.496 e. The van der Waals surface area contributed by atoms with E-state index in [9.17, 15) is 17.6 Å². The van der Waals surface area contributed by atoms with Crippen molar-refractivity contribution in [3.63, 3.8) is 0 Å². The Kier molecular flexibility index (Phi) is 6.23. The molecule has 0 aliphatic heterocycles. The highest BCUT2D eigenvalue weighted by atomic mass is 32.2. The number of nitrogens with two attached hydrogens (primary N) is 1. The third kappa shape index (κ3) is 4.85. The van der Waals surface area contributed by atoms with E-state index in [4.69, 9.17) is 14.3 Å². The normalized spacial score (nSPS) is 12.1. The number of primary sulfonamides is 1. The number of carbonyl (C=O) groups excluding carboxylic acids is 1. The van der Waals surface area contributed by atoms with Crippen LogP contribution in [-0.2, 0) is 14.8 Å². The van der Waals surface area contributed by atoms with Crippen LogP contribution in [0.2, 0.25) is 0 Å². The van der Waals surface area contributed by atoms with Crippen molar-refractivity contribution in [3.8, 4) is 16.9 Å². The second kappa shape index (κ2) is 9.12. The maximum atomic E-state index is 13.3. The molecule has 0 bridgehead atoms. The van der Waals surface area contributed by atoms with Crippen LogP contribution < -0.4 is 15.2 Å². The fourth-order valence-corrected chi connectivity index (χ4v) is 4.15. The Bertz CT molecular complexity index is 1520. The molecule has 3 N–H and O–H groups in total. The highest BCUT2D eigenvalue weighted by molar-refractivity contribution is 7.89. The Hall–Kier alpha value is -3.95. The first-order chi connectivity index (χ1) is 16.2. The molecule has 4 aromatic rings. The van der Waals surface area contributed by atoms with Gasteiger partial charge >= 0.3 is 0 Å². The number of methoxy groups -OCH3 is 1. The van der Waals surface area contributed by atoms with E-state index in [2.05, 4.69) is 5.32 Å². The summed E-state index contributed by atoms with van der Waals surface area (Å²) < 4.78 is 47.6. The summed E-state index contributed by atoms with van der Waals surface area (Å²) in [5, 5.41) is 8.56. The van der Waals surface area contributed by atoms with Crippen LogP contribution in [0.3, 0.4) is 0 Å². The van der Waals surface area contributed by atoms with Crippen molar-refractivity contribution in [1.29, 1.82) is 0 Å². The van der Waals surface area contributed by atoms with Gasteiger partial charge in [-0.1, -0.05) is 18.2 Å². The van der Waals surface area contributed by atoms with E-state index in [1.807, 2.05) is 6.07 Å². The maximum Gasteiger partial charge on any atom is 0.248 e. The quantitative estimate of drug-likeness (QED) is 0.380. The molecule has 0 atom stereocenters. The number of anilines is 1. The number of carbonyl (C=O) groups is 1. The monoisotopic (exact) mass is 480 g/mol. The lowest BCUT2D eigenvalue weighted by Gasteiger charge is -2.10. The summed E-state index contributed by atoms with van der Waals surface area (Å²) in [6.07, 6.45) is 2.97. The second-order valence-corrected chi connectivity index (χ2v) is 9.16. The lowest BCUT2D eigenvalue weighted by atomic mass is 9.99. The summed E-state index contributed by atoms with van der Waals surface area (Å²) in [5.74, 6) is -0.291. The number of allylic oxidation sites excluding steroid dienone is 1. The summed E-state index contributed by atoms with van der Waals surface area (Å²) >= 11 is 0. The number of furan rings is 1. The van der Waals surface area contributed by atoms with Gasteiger partial charge in [-0.25, -0.2) is 17.9 Å². The van der Waals surface area contributed by atoms with Gasteiger partial charge in [0.15, 0.2) is 0 Å². The third-order valence-corrected chi connectivity index (χ3v) is 6.16. The molecule has 9 heteroatoms. The van der Waals surface area contributed by atoms with Crippen LogP contribution in [0.25, 0.3) is 27.7 Å². The van der Waals surface area contributed by atoms with Crippen molar-refractivity contribution in [2.75, 3.05) is 12.4 Å². The number of hydrogen-bond donors (Lipinski definition) is 2. The number of rotatable bonds is 6. The van der Waals surface area contributed by atoms with Gasteiger partial charge in [0.05, 0.1) is 18.3 Å². The third-order valence-electron chi connectivity index (χ3n) is 5.25. The van der Waals surface area contributed by atoms with Crippen molar-refractivity contribution in [2.45, 2.75) is 11.8 Å². The predicted octanol–water partition coefficient (Wildman–Crippen LogP) is 4.94. The van der Waals surface area contributed by atoms with Gasteiger partial charge in [-0.15, -0.1) is 0 Å². The summed E-state index contributed by atoms with van der Waals surface area (Å²) in [6.45, 7) is 1.75. The van der Waals surface area contributed by atoms with E-state index in [0.717, 1.165) is 16.5 Å². The Balaban J connectivity index is 1.68. The zero-order valence-electron chi connectivity index (χ0n) is 18.3. The van der Waals surface area contributed by atoms with Crippen molar-refractivity contribution < 1.29 is 26.8 Å². The van der Waals surface area contributed by atoms with E-state index in [-0.39, 0.29) is 16.4 Å². The zero-order valence-corrected chi connectivity index (χ0v) is 19.1. The van der Waals surface area contributed by atoms with Gasteiger partial charge in [0.25, 0.3) is 0 Å². The number of benzene rings is 3. The van der Waals surface area contributed by atoms with Crippen LogP contribution in [0, 0.1) is 5.82 Å². The molecule has 0 saturated heterocycles. The SMILES string of the molecule is COc1cc2occ(-c3ccc(F)cc3)c2cc1/C(C)=C/C(=O)Nc1cccc(S(N)(=O)=O)c1. The molecule has 0 spiro atoms. The largest absolute Gasteiger partial charge is 0.496 e. The van der Waals surface area contributed by atoms with Gasteiger partial charge in [-0.3, -0.25) is 4.79 Å². The average molecular weight is 481 g/mol. The highest BCUT2D eigenvalue weighted by Gasteiger charge is 2.15. The van der Waals surface area contributed by atoms with Gasteiger partial charge in [-0.2, -0.15) is 0 Å². The van der Waals surface area contributed by atoms with Crippen LogP contribution >= 0.6 is 0 Å². The minimum atomic E-state index is -3.89. The van der Waals surface area contributed by atoms with Crippen LogP contribution in [0.15, 0.2) is 82.3 Å². The molecular weight excluding hydrogens is 459 g/mol. The lowest BCUT2D eigenvalue weighted by molar-refractivity contribution is -0.111. The fraction of sp³-hybridized carbons (Fsp3) is 0.0800. The van der Waals surface area contributed by atoms with E-state index in [0.29, 0.717) is 22.5 Å². The van der Waals surface area contributed by atoms with Crippen molar-refractivity contribution in [1.82, 2.24) is 0 Å². The molecule has 1 heterocycles. The maximum absolute atomic E-state index is 13.3. The Morgan fingerprint density at radius 1 is 1.12 bits per heavy atom. The predicted molar refractivity (Wildman–Crippen MR) is 128 cm³/mol. The molecule has 0 saturated carbocycles. The van der Waals surface area contributed by atoms with Crippen molar-refractivity contribution >= 4 is 38.2 Å². The van der Waals surface area contributed by atoms with Crippen LogP contribution in [0.1, 0.15) is 12.5 Å². The van der Waals surface area contributed by atoms with Crippen LogP contribution in [-0.4, -0.2) is 21.4 Å². The summed E-state index contributed by atoms with van der Waals surface area (Å²) in [7, 11) is -2.38. The minimum absolute atomic E-state index is 0.105. The zero-order chi connectivity index (χ0) is 24.5. The molecule has 0 aliphatic rings. The van der Waals surface area contributed by atoms with Gasteiger partial charge in [0.2, 0.25) is 15.9 Å². The van der Waals surface area contributed by atoms with Crippen LogP contribution in [0.4, 0.5) is 10.1 Å². The van der Waals surface area contributed by atoms with Gasteiger partial charge in [0.1, 0.15) is 17.1 Å². The van der Waals surface area contributed by atoms with Crippen molar-refractivity contribution in [3.05, 3.63) is 84.4 Å². The van der Waals surface area contributed by atoms with E-state index in [1.165, 1.54) is 43.5 Å². The standard InChI is InChI=1S/C25H21FN2O5S/c1-15(10-25(29)28-18-4-3-5-19(11-18)34(27,30)31)20-12-21-22(16-6-8-17(26)9-7-16)14-33-24(21)13-23(20)32-2/h3-14H,1-2H3,(H,28,29)(H2,27,30,31)/b15-10+. The number of amides is 1. The molecule has 0 radical (unpaired) electrons. The molecule has 0 aliphatic carbocycles.